The molecule has 8 heavy (non-hydrogen) atoms. The fraction of sp³-hybridized carbons (Fsp3) is 0.400. The van der Waals surface area contributed by atoms with E-state index in [0.717, 1.165) is 6.26 Å². The maximum atomic E-state index is 10.4. The van der Waals surface area contributed by atoms with Gasteiger partial charge < -0.3 is 0 Å². The molecule has 0 radical (unpaired) electrons. The number of hydrogen-bond donors (Lipinski definition) is 0. The molecule has 0 saturated heterocycles. The Kier molecular flexibility index (Phi) is 2.02. The second-order valence-corrected chi connectivity index (χ2v) is 3.66. The summed E-state index contributed by atoms with van der Waals surface area (Å²) in [4.78, 5) is 0.192. The van der Waals surface area contributed by atoms with Crippen molar-refractivity contribution in [3.05, 3.63) is 17.2 Å². The van der Waals surface area contributed by atoms with Crippen molar-refractivity contribution in [2.75, 3.05) is 6.26 Å². The van der Waals surface area contributed by atoms with Crippen LogP contribution in [-0.2, 0) is 9.84 Å². The summed E-state index contributed by atoms with van der Waals surface area (Å²) in [5.74, 6) is 0. The summed E-state index contributed by atoms with van der Waals surface area (Å²) in [6, 6.07) is 0. The lowest BCUT2D eigenvalue weighted by Crippen LogP contribution is -1.94. The van der Waals surface area contributed by atoms with Crippen LogP contribution in [0.25, 0.3) is 0 Å². The van der Waals surface area contributed by atoms with Gasteiger partial charge >= 0.3 is 0 Å². The zero-order valence-electron chi connectivity index (χ0n) is 4.93. The van der Waals surface area contributed by atoms with Crippen LogP contribution in [0.1, 0.15) is 6.92 Å². The third-order valence-corrected chi connectivity index (χ3v) is 2.06. The predicted molar refractivity (Wildman–Crippen MR) is 33.2 cm³/mol. The molecule has 3 heteroatoms. The first-order chi connectivity index (χ1) is 3.48. The van der Waals surface area contributed by atoms with Crippen LogP contribution in [0.4, 0.5) is 0 Å². The summed E-state index contributed by atoms with van der Waals surface area (Å²) in [5, 5.41) is 0. The van der Waals surface area contributed by atoms with E-state index < -0.39 is 9.84 Å². The second kappa shape index (κ2) is 2.16. The maximum absolute atomic E-state index is 10.4. The standard InChI is InChI=1S/C5H8O2S/c1-4-5(2)8(3,6)7/h1H2,2-3H3. The summed E-state index contributed by atoms with van der Waals surface area (Å²) in [6.45, 7) is 4.65. The largest absolute Gasteiger partial charge is 0.224 e. The normalized spacial score (nSPS) is 10.2. The number of sulfone groups is 1. The minimum absolute atomic E-state index is 0.192. The van der Waals surface area contributed by atoms with Gasteiger partial charge in [-0.05, 0) is 6.92 Å². The summed E-state index contributed by atoms with van der Waals surface area (Å²) in [5.41, 5.74) is 2.28. The molecule has 0 N–H and O–H groups in total. The van der Waals surface area contributed by atoms with Crippen molar-refractivity contribution in [1.29, 1.82) is 0 Å². The van der Waals surface area contributed by atoms with Crippen LogP contribution in [0.2, 0.25) is 0 Å². The molecule has 0 bridgehead atoms. The van der Waals surface area contributed by atoms with Gasteiger partial charge in [-0.3, -0.25) is 0 Å². The molecule has 0 aliphatic heterocycles. The van der Waals surface area contributed by atoms with Gasteiger partial charge in [0.15, 0.2) is 9.84 Å². The highest BCUT2D eigenvalue weighted by atomic mass is 32.2. The molecule has 0 rings (SSSR count). The first kappa shape index (κ1) is 7.47. The van der Waals surface area contributed by atoms with E-state index in [4.69, 9.17) is 0 Å². The first-order valence-corrected chi connectivity index (χ1v) is 3.94. The maximum Gasteiger partial charge on any atom is 0.178 e. The van der Waals surface area contributed by atoms with Gasteiger partial charge in [-0.15, -0.1) is 5.73 Å². The number of allylic oxidation sites excluding steroid dienone is 1. The van der Waals surface area contributed by atoms with Crippen LogP contribution in [0.3, 0.4) is 0 Å². The molecule has 0 aromatic carbocycles. The van der Waals surface area contributed by atoms with E-state index in [2.05, 4.69) is 12.3 Å². The minimum Gasteiger partial charge on any atom is -0.224 e. The van der Waals surface area contributed by atoms with E-state index in [9.17, 15) is 8.42 Å². The van der Waals surface area contributed by atoms with Crippen molar-refractivity contribution in [2.45, 2.75) is 6.92 Å². The Morgan fingerprint density at radius 2 is 2.00 bits per heavy atom. The Morgan fingerprint density at radius 1 is 1.62 bits per heavy atom. The van der Waals surface area contributed by atoms with Gasteiger partial charge in [-0.25, -0.2) is 8.42 Å². The summed E-state index contributed by atoms with van der Waals surface area (Å²) in [7, 11) is -3.01. The molecular weight excluding hydrogens is 124 g/mol. The third-order valence-electron chi connectivity index (χ3n) is 0.805. The molecule has 0 aromatic rings. The van der Waals surface area contributed by atoms with Crippen LogP contribution >= 0.6 is 0 Å². The SMILES string of the molecule is C=C=C(C)S(C)(=O)=O. The van der Waals surface area contributed by atoms with Crippen molar-refractivity contribution >= 4 is 9.84 Å². The Morgan fingerprint density at radius 3 is 2.00 bits per heavy atom. The van der Waals surface area contributed by atoms with Gasteiger partial charge in [0, 0.05) is 6.26 Å². The highest BCUT2D eigenvalue weighted by molar-refractivity contribution is 7.94. The monoisotopic (exact) mass is 132 g/mol. The van der Waals surface area contributed by atoms with Crippen molar-refractivity contribution in [1.82, 2.24) is 0 Å². The summed E-state index contributed by atoms with van der Waals surface area (Å²) < 4.78 is 20.8. The van der Waals surface area contributed by atoms with Crippen molar-refractivity contribution in [3.8, 4) is 0 Å². The zero-order chi connectivity index (χ0) is 6.78. The van der Waals surface area contributed by atoms with E-state index >= 15 is 0 Å². The molecule has 0 aromatic heterocycles. The van der Waals surface area contributed by atoms with Crippen molar-refractivity contribution in [2.24, 2.45) is 0 Å². The van der Waals surface area contributed by atoms with Gasteiger partial charge in [-0.2, -0.15) is 0 Å². The van der Waals surface area contributed by atoms with E-state index in [0.29, 0.717) is 0 Å². The van der Waals surface area contributed by atoms with E-state index in [-0.39, 0.29) is 4.91 Å². The molecule has 0 saturated carbocycles. The van der Waals surface area contributed by atoms with Gasteiger partial charge in [-0.1, -0.05) is 6.58 Å². The smallest absolute Gasteiger partial charge is 0.178 e. The molecule has 0 unspecified atom stereocenters. The van der Waals surface area contributed by atoms with Gasteiger partial charge in [0.05, 0.1) is 4.91 Å². The fourth-order valence-electron chi connectivity index (χ4n) is 0.131. The quantitative estimate of drug-likeness (QED) is 0.493. The van der Waals surface area contributed by atoms with Crippen LogP contribution in [0.5, 0.6) is 0 Å². The average molecular weight is 132 g/mol. The highest BCUT2D eigenvalue weighted by Crippen LogP contribution is 1.97. The van der Waals surface area contributed by atoms with E-state index in [1.165, 1.54) is 6.92 Å². The Hall–Kier alpha value is -0.530. The molecule has 2 nitrogen and oxygen atoms in total. The van der Waals surface area contributed by atoms with Crippen LogP contribution in [0.15, 0.2) is 17.2 Å². The van der Waals surface area contributed by atoms with Crippen LogP contribution in [0, 0.1) is 0 Å². The highest BCUT2D eigenvalue weighted by Gasteiger charge is 2.00. The lowest BCUT2D eigenvalue weighted by atomic mass is 10.7. The minimum atomic E-state index is -3.01. The molecule has 0 aliphatic carbocycles. The Balaban J connectivity index is 4.83. The number of hydrogen-bond acceptors (Lipinski definition) is 2. The fourth-order valence-corrected chi connectivity index (χ4v) is 0.393. The average Bonchev–Trinajstić information content (AvgIpc) is 1.62. The van der Waals surface area contributed by atoms with Crippen molar-refractivity contribution < 1.29 is 8.42 Å². The number of rotatable bonds is 1. The molecule has 0 heterocycles. The first-order valence-electron chi connectivity index (χ1n) is 2.05. The van der Waals surface area contributed by atoms with Gasteiger partial charge in [0.2, 0.25) is 0 Å². The molecule has 0 atom stereocenters. The second-order valence-electron chi connectivity index (χ2n) is 1.51. The Bertz CT molecular complexity index is 217. The lowest BCUT2D eigenvalue weighted by Gasteiger charge is -1.87. The Labute approximate surface area is 49.4 Å². The molecular formula is C5H8O2S. The van der Waals surface area contributed by atoms with Crippen LogP contribution < -0.4 is 0 Å². The molecule has 0 amide bonds. The molecule has 0 fully saturated rings. The molecule has 0 spiro atoms. The van der Waals surface area contributed by atoms with E-state index in [1.807, 2.05) is 0 Å². The molecule has 46 valence electrons. The van der Waals surface area contributed by atoms with Crippen LogP contribution in [-0.4, -0.2) is 14.7 Å². The zero-order valence-corrected chi connectivity index (χ0v) is 5.75. The summed E-state index contributed by atoms with van der Waals surface area (Å²) in [6.07, 6.45) is 1.13. The predicted octanol–water partition coefficient (Wildman–Crippen LogP) is 0.720. The summed E-state index contributed by atoms with van der Waals surface area (Å²) >= 11 is 0. The van der Waals surface area contributed by atoms with E-state index in [1.54, 1.807) is 0 Å². The van der Waals surface area contributed by atoms with Gasteiger partial charge in [0.1, 0.15) is 0 Å². The van der Waals surface area contributed by atoms with Gasteiger partial charge in [0.25, 0.3) is 0 Å². The third kappa shape index (κ3) is 1.96. The lowest BCUT2D eigenvalue weighted by molar-refractivity contribution is 0.607. The van der Waals surface area contributed by atoms with Crippen molar-refractivity contribution in [3.63, 3.8) is 0 Å². The topological polar surface area (TPSA) is 34.1 Å². The molecule has 0 aliphatic rings.